The van der Waals surface area contributed by atoms with E-state index in [2.05, 4.69) is 18.7 Å². The van der Waals surface area contributed by atoms with Gasteiger partial charge in [0.15, 0.2) is 0 Å². The zero-order valence-corrected chi connectivity index (χ0v) is 9.15. The Labute approximate surface area is 91.1 Å². The van der Waals surface area contributed by atoms with Crippen LogP contribution in [0.4, 0.5) is 0 Å². The monoisotopic (exact) mass is 221 g/mol. The van der Waals surface area contributed by atoms with Crippen LogP contribution in [-0.4, -0.2) is 7.11 Å². The second kappa shape index (κ2) is 3.52. The molecule has 0 unspecified atom stereocenters. The Balaban J connectivity index is 2.84. The number of hydrogen-bond acceptors (Lipinski definition) is 4. The van der Waals surface area contributed by atoms with Crippen molar-refractivity contribution in [3.63, 3.8) is 0 Å². The lowest BCUT2D eigenvalue weighted by molar-refractivity contribution is 0.415. The Bertz CT molecular complexity index is 525. The minimum absolute atomic E-state index is 0.643. The third-order valence-corrected chi connectivity index (χ3v) is 3.56. The number of thiophene rings is 1. The molecule has 0 spiro atoms. The highest BCUT2D eigenvalue weighted by molar-refractivity contribution is 7.80. The van der Waals surface area contributed by atoms with Gasteiger partial charge in [-0.25, -0.2) is 0 Å². The fourth-order valence-electron chi connectivity index (χ4n) is 1.30. The van der Waals surface area contributed by atoms with E-state index in [4.69, 9.17) is 10.00 Å². The normalized spacial score (nSPS) is 10.1. The first kappa shape index (κ1) is 9.38. The quantitative estimate of drug-likeness (QED) is 0.751. The van der Waals surface area contributed by atoms with E-state index in [9.17, 15) is 0 Å². The summed E-state index contributed by atoms with van der Waals surface area (Å²) in [7, 11) is 1.59. The molecule has 0 bridgehead atoms. The van der Waals surface area contributed by atoms with Crippen LogP contribution < -0.4 is 4.74 Å². The van der Waals surface area contributed by atoms with Gasteiger partial charge in [-0.2, -0.15) is 5.26 Å². The molecule has 0 fully saturated rings. The number of ether oxygens (including phenoxy) is 1. The van der Waals surface area contributed by atoms with Gasteiger partial charge in [-0.15, -0.1) is 24.0 Å². The van der Waals surface area contributed by atoms with Crippen LogP contribution >= 0.6 is 24.0 Å². The molecule has 0 saturated carbocycles. The Morgan fingerprint density at radius 2 is 2.29 bits per heavy atom. The van der Waals surface area contributed by atoms with Crippen LogP contribution in [0.2, 0.25) is 0 Å². The van der Waals surface area contributed by atoms with E-state index < -0.39 is 0 Å². The number of thiol groups is 1. The summed E-state index contributed by atoms with van der Waals surface area (Å²) in [5.74, 6) is 0.697. The topological polar surface area (TPSA) is 33.0 Å². The molecule has 0 atom stereocenters. The molecule has 2 rings (SSSR count). The van der Waals surface area contributed by atoms with Gasteiger partial charge < -0.3 is 4.74 Å². The zero-order chi connectivity index (χ0) is 10.1. The first-order valence-electron chi connectivity index (χ1n) is 3.94. The third kappa shape index (κ3) is 1.35. The largest absolute Gasteiger partial charge is 0.497 e. The van der Waals surface area contributed by atoms with Crippen molar-refractivity contribution in [2.45, 2.75) is 4.90 Å². The highest BCUT2D eigenvalue weighted by Gasteiger charge is 2.08. The Kier molecular flexibility index (Phi) is 2.36. The predicted molar refractivity (Wildman–Crippen MR) is 60.3 cm³/mol. The molecule has 0 amide bonds. The number of fused-ring (bicyclic) bond motifs is 1. The number of rotatable bonds is 1. The average molecular weight is 221 g/mol. The minimum atomic E-state index is 0.643. The average Bonchev–Trinajstić information content (AvgIpc) is 2.59. The summed E-state index contributed by atoms with van der Waals surface area (Å²) in [6.07, 6.45) is 0. The Morgan fingerprint density at radius 3 is 2.93 bits per heavy atom. The van der Waals surface area contributed by atoms with Crippen LogP contribution in [0.5, 0.6) is 5.75 Å². The van der Waals surface area contributed by atoms with Gasteiger partial charge in [-0.1, -0.05) is 0 Å². The molecule has 0 aliphatic carbocycles. The molecule has 70 valence electrons. The highest BCUT2D eigenvalue weighted by Crippen LogP contribution is 2.34. The van der Waals surface area contributed by atoms with Crippen LogP contribution in [0.15, 0.2) is 22.4 Å². The maximum Gasteiger partial charge on any atom is 0.120 e. The summed E-state index contributed by atoms with van der Waals surface area (Å²) >= 11 is 5.85. The lowest BCUT2D eigenvalue weighted by atomic mass is 10.2. The van der Waals surface area contributed by atoms with E-state index in [0.717, 1.165) is 15.0 Å². The van der Waals surface area contributed by atoms with Gasteiger partial charge >= 0.3 is 0 Å². The molecule has 1 heterocycles. The van der Waals surface area contributed by atoms with Crippen molar-refractivity contribution in [3.8, 4) is 11.8 Å². The van der Waals surface area contributed by atoms with E-state index in [0.29, 0.717) is 11.3 Å². The van der Waals surface area contributed by atoms with Gasteiger partial charge in [0, 0.05) is 15.7 Å². The van der Waals surface area contributed by atoms with Crippen molar-refractivity contribution in [2.75, 3.05) is 7.11 Å². The first-order chi connectivity index (χ1) is 6.76. The van der Waals surface area contributed by atoms with Gasteiger partial charge in [0.05, 0.1) is 17.4 Å². The molecule has 2 nitrogen and oxygen atoms in total. The number of nitriles is 1. The third-order valence-electron chi connectivity index (χ3n) is 1.98. The zero-order valence-electron chi connectivity index (χ0n) is 7.44. The lowest BCUT2D eigenvalue weighted by Crippen LogP contribution is -1.84. The van der Waals surface area contributed by atoms with Crippen LogP contribution in [0.25, 0.3) is 10.1 Å². The summed E-state index contributed by atoms with van der Waals surface area (Å²) in [6, 6.07) is 5.79. The van der Waals surface area contributed by atoms with Gasteiger partial charge in [0.25, 0.3) is 0 Å². The number of nitrogens with zero attached hydrogens (tertiary/aromatic N) is 1. The fourth-order valence-corrected chi connectivity index (χ4v) is 2.59. The molecule has 0 N–H and O–H groups in total. The molecular weight excluding hydrogens is 214 g/mol. The second-order valence-corrected chi connectivity index (χ2v) is 4.15. The maximum atomic E-state index is 8.94. The molecule has 1 aromatic heterocycles. The fraction of sp³-hybridized carbons (Fsp3) is 0.100. The van der Waals surface area contributed by atoms with E-state index in [-0.39, 0.29) is 0 Å². The molecule has 0 radical (unpaired) electrons. The number of benzene rings is 1. The lowest BCUT2D eigenvalue weighted by Gasteiger charge is -2.01. The number of methoxy groups -OCH3 is 1. The van der Waals surface area contributed by atoms with Gasteiger partial charge in [0.1, 0.15) is 11.8 Å². The summed E-state index contributed by atoms with van der Waals surface area (Å²) in [4.78, 5) is 0.889. The van der Waals surface area contributed by atoms with E-state index >= 15 is 0 Å². The van der Waals surface area contributed by atoms with Crippen molar-refractivity contribution in [1.82, 2.24) is 0 Å². The van der Waals surface area contributed by atoms with Crippen molar-refractivity contribution >= 4 is 34.1 Å². The second-order valence-electron chi connectivity index (χ2n) is 2.78. The van der Waals surface area contributed by atoms with Crippen LogP contribution in [-0.2, 0) is 0 Å². The summed E-state index contributed by atoms with van der Waals surface area (Å²) in [6.45, 7) is 0. The molecular formula is C10H7NOS2. The molecule has 1 aromatic carbocycles. The van der Waals surface area contributed by atoms with Crippen LogP contribution in [0, 0.1) is 11.3 Å². The summed E-state index contributed by atoms with van der Waals surface area (Å²) < 4.78 is 6.08. The van der Waals surface area contributed by atoms with Crippen molar-refractivity contribution in [3.05, 3.63) is 23.1 Å². The molecule has 4 heteroatoms. The standard InChI is InChI=1S/C10H7NOS2/c1-12-7-2-6(4-11)10-8(3-7)9(13)5-14-10/h2-3,5,13H,1H3. The van der Waals surface area contributed by atoms with Gasteiger partial charge in [-0.3, -0.25) is 0 Å². The van der Waals surface area contributed by atoms with Crippen molar-refractivity contribution in [1.29, 1.82) is 5.26 Å². The van der Waals surface area contributed by atoms with E-state index in [1.54, 1.807) is 13.2 Å². The molecule has 2 aromatic rings. The van der Waals surface area contributed by atoms with Crippen molar-refractivity contribution in [2.24, 2.45) is 0 Å². The first-order valence-corrected chi connectivity index (χ1v) is 5.27. The van der Waals surface area contributed by atoms with Gasteiger partial charge in [0.2, 0.25) is 0 Å². The molecule has 14 heavy (non-hydrogen) atoms. The van der Waals surface area contributed by atoms with E-state index in [1.807, 2.05) is 11.4 Å². The van der Waals surface area contributed by atoms with Crippen molar-refractivity contribution < 1.29 is 4.74 Å². The highest BCUT2D eigenvalue weighted by atomic mass is 32.1. The van der Waals surface area contributed by atoms with E-state index in [1.165, 1.54) is 11.3 Å². The minimum Gasteiger partial charge on any atom is -0.497 e. The summed E-state index contributed by atoms with van der Waals surface area (Å²) in [5, 5.41) is 11.8. The Hall–Kier alpha value is -1.18. The smallest absolute Gasteiger partial charge is 0.120 e. The molecule has 0 aliphatic heterocycles. The van der Waals surface area contributed by atoms with Gasteiger partial charge in [-0.05, 0) is 12.1 Å². The summed E-state index contributed by atoms with van der Waals surface area (Å²) in [5.41, 5.74) is 0.643. The SMILES string of the molecule is COc1cc(C#N)c2scc(S)c2c1. The maximum absolute atomic E-state index is 8.94. The van der Waals surface area contributed by atoms with Crippen LogP contribution in [0.1, 0.15) is 5.56 Å². The van der Waals surface area contributed by atoms with Crippen LogP contribution in [0.3, 0.4) is 0 Å². The number of hydrogen-bond donors (Lipinski definition) is 1. The predicted octanol–water partition coefficient (Wildman–Crippen LogP) is 3.07. The molecule has 0 saturated heterocycles. The molecule has 0 aliphatic rings. The Morgan fingerprint density at radius 1 is 1.50 bits per heavy atom.